The summed E-state index contributed by atoms with van der Waals surface area (Å²) in [6.07, 6.45) is 5.48. The molecule has 19 heavy (non-hydrogen) atoms. The van der Waals surface area contributed by atoms with Crippen molar-refractivity contribution in [1.82, 2.24) is 0 Å². The summed E-state index contributed by atoms with van der Waals surface area (Å²) in [5.41, 5.74) is 0.396. The van der Waals surface area contributed by atoms with Gasteiger partial charge in [-0.15, -0.1) is 0 Å². The second kappa shape index (κ2) is 10.1. The molecule has 112 valence electrons. The minimum atomic E-state index is -5.32. The largest absolute Gasteiger partial charge is 0.616 e. The first-order chi connectivity index (χ1) is 8.83. The van der Waals surface area contributed by atoms with Gasteiger partial charge >= 0.3 is 15.0 Å². The lowest BCUT2D eigenvalue weighted by molar-refractivity contribution is -0.139. The molecule has 0 N–H and O–H groups in total. The summed E-state index contributed by atoms with van der Waals surface area (Å²) in [7, 11) is -5.32. The zero-order valence-corrected chi connectivity index (χ0v) is 12.5. The van der Waals surface area contributed by atoms with Crippen molar-refractivity contribution in [3.8, 4) is 0 Å². The molecule has 0 aliphatic carbocycles. The molecule has 0 rings (SSSR count). The number of halogens is 3. The Morgan fingerprint density at radius 3 is 1.95 bits per heavy atom. The minimum absolute atomic E-state index is 0.284. The van der Waals surface area contributed by atoms with E-state index in [0.29, 0.717) is 18.6 Å². The van der Waals surface area contributed by atoms with Gasteiger partial charge in [-0.1, -0.05) is 38.7 Å². The van der Waals surface area contributed by atoms with Crippen molar-refractivity contribution in [2.24, 2.45) is 0 Å². The van der Waals surface area contributed by atoms with Crippen molar-refractivity contribution in [3.63, 3.8) is 0 Å². The molecule has 0 unspecified atom stereocenters. The third-order valence-corrected chi connectivity index (χ3v) is 3.61. The van der Waals surface area contributed by atoms with Gasteiger partial charge in [-0.2, -0.15) is 0 Å². The molecule has 6 heteroatoms. The highest BCUT2D eigenvalue weighted by molar-refractivity contribution is 6.58. The quantitative estimate of drug-likeness (QED) is 0.182. The molecule has 0 atom stereocenters. The molecule has 0 fully saturated rings. The maximum absolute atomic E-state index is 12.0. The van der Waals surface area contributed by atoms with Gasteiger partial charge in [-0.05, 0) is 19.8 Å². The van der Waals surface area contributed by atoms with Gasteiger partial charge in [0.05, 0.1) is 6.61 Å². The van der Waals surface area contributed by atoms with Crippen LogP contribution in [0, 0.1) is 0 Å². The van der Waals surface area contributed by atoms with Crippen LogP contribution in [0.1, 0.15) is 51.9 Å². The van der Waals surface area contributed by atoms with E-state index in [1.165, 1.54) is 0 Å². The summed E-state index contributed by atoms with van der Waals surface area (Å²) in [6.45, 7) is 5.47. The number of esters is 1. The van der Waals surface area contributed by atoms with Crippen molar-refractivity contribution in [2.45, 2.75) is 57.9 Å². The van der Waals surface area contributed by atoms with Gasteiger partial charge in [0.1, 0.15) is 0 Å². The van der Waals surface area contributed by atoms with Crippen molar-refractivity contribution in [1.29, 1.82) is 0 Å². The number of ether oxygens (including phenoxy) is 1. The minimum Gasteiger partial charge on any atom is -0.462 e. The van der Waals surface area contributed by atoms with E-state index < -0.39 is 15.1 Å². The van der Waals surface area contributed by atoms with Crippen molar-refractivity contribution < 1.29 is 21.9 Å². The van der Waals surface area contributed by atoms with Crippen LogP contribution in [0.4, 0.5) is 12.3 Å². The smallest absolute Gasteiger partial charge is 0.462 e. The standard InChI is InChI=1S/C13H23F3O2Si/c1-12(2)13(17)18-10-8-6-4-3-5-7-9-11-19(14,15)16/h1,3-11H2,2H3. The lowest BCUT2D eigenvalue weighted by Gasteiger charge is -2.05. The van der Waals surface area contributed by atoms with Crippen LogP contribution in [0.25, 0.3) is 0 Å². The van der Waals surface area contributed by atoms with Gasteiger partial charge in [0, 0.05) is 11.6 Å². The molecule has 0 aliphatic rings. The van der Waals surface area contributed by atoms with Crippen molar-refractivity contribution >= 4 is 15.0 Å². The van der Waals surface area contributed by atoms with Crippen LogP contribution >= 0.6 is 0 Å². The molecule has 0 aromatic heterocycles. The molecule has 0 aliphatic heterocycles. The van der Waals surface area contributed by atoms with E-state index in [0.717, 1.165) is 32.1 Å². The highest BCUT2D eigenvalue weighted by atomic mass is 28.5. The lowest BCUT2D eigenvalue weighted by Crippen LogP contribution is -2.13. The Morgan fingerprint density at radius 1 is 1.00 bits per heavy atom. The van der Waals surface area contributed by atoms with E-state index in [-0.39, 0.29) is 12.4 Å². The number of hydrogen-bond donors (Lipinski definition) is 0. The van der Waals surface area contributed by atoms with Crippen LogP contribution < -0.4 is 0 Å². The van der Waals surface area contributed by atoms with E-state index in [2.05, 4.69) is 6.58 Å². The molecule has 0 amide bonds. The van der Waals surface area contributed by atoms with Gasteiger partial charge in [-0.3, -0.25) is 0 Å². The summed E-state index contributed by atoms with van der Waals surface area (Å²) in [6, 6.07) is -0.538. The average molecular weight is 296 g/mol. The fourth-order valence-electron chi connectivity index (χ4n) is 1.60. The Morgan fingerprint density at radius 2 is 1.47 bits per heavy atom. The number of rotatable bonds is 11. The number of hydrogen-bond acceptors (Lipinski definition) is 2. The highest BCUT2D eigenvalue weighted by Crippen LogP contribution is 2.19. The van der Waals surface area contributed by atoms with Crippen LogP contribution in [0.15, 0.2) is 12.2 Å². The van der Waals surface area contributed by atoms with E-state index >= 15 is 0 Å². The Balaban J connectivity index is 3.20. The zero-order chi connectivity index (χ0) is 14.7. The molecular formula is C13H23F3O2Si. The first kappa shape index (κ1) is 18.2. The monoisotopic (exact) mass is 296 g/mol. The molecule has 0 aromatic rings. The molecule has 0 saturated carbocycles. The van der Waals surface area contributed by atoms with E-state index in [1.807, 2.05) is 0 Å². The first-order valence-corrected chi connectivity index (χ1v) is 8.56. The maximum atomic E-state index is 12.0. The van der Waals surface area contributed by atoms with Crippen LogP contribution in [-0.2, 0) is 9.53 Å². The van der Waals surface area contributed by atoms with Crippen LogP contribution in [-0.4, -0.2) is 21.7 Å². The molecule has 0 spiro atoms. The molecular weight excluding hydrogens is 273 g/mol. The Kier molecular flexibility index (Phi) is 9.64. The predicted octanol–water partition coefficient (Wildman–Crippen LogP) is 4.68. The molecule has 2 nitrogen and oxygen atoms in total. The normalized spacial score (nSPS) is 11.4. The van der Waals surface area contributed by atoms with Crippen LogP contribution in [0.5, 0.6) is 0 Å². The van der Waals surface area contributed by atoms with E-state index in [4.69, 9.17) is 4.74 Å². The fourth-order valence-corrected chi connectivity index (χ4v) is 2.25. The summed E-state index contributed by atoms with van der Waals surface area (Å²) in [5, 5.41) is 0. The molecule has 0 bridgehead atoms. The van der Waals surface area contributed by atoms with Gasteiger partial charge in [-0.25, -0.2) is 17.1 Å². The van der Waals surface area contributed by atoms with Crippen LogP contribution in [0.3, 0.4) is 0 Å². The predicted molar refractivity (Wildman–Crippen MR) is 72.0 cm³/mol. The third kappa shape index (κ3) is 13.4. The second-order valence-corrected chi connectivity index (χ2v) is 6.49. The van der Waals surface area contributed by atoms with Gasteiger partial charge in [0.2, 0.25) is 0 Å². The number of carbonyl (C=O) groups excluding carboxylic acids is 1. The van der Waals surface area contributed by atoms with E-state index in [1.54, 1.807) is 6.92 Å². The van der Waals surface area contributed by atoms with Gasteiger partial charge in [0.15, 0.2) is 0 Å². The van der Waals surface area contributed by atoms with Gasteiger partial charge < -0.3 is 4.74 Å². The summed E-state index contributed by atoms with van der Waals surface area (Å²) < 4.78 is 40.9. The topological polar surface area (TPSA) is 26.3 Å². The van der Waals surface area contributed by atoms with Crippen LogP contribution in [0.2, 0.25) is 6.04 Å². The average Bonchev–Trinajstić information content (AvgIpc) is 2.29. The maximum Gasteiger partial charge on any atom is 0.616 e. The summed E-state index contributed by atoms with van der Waals surface area (Å²) in [5.74, 6) is -0.365. The molecule has 0 heterocycles. The highest BCUT2D eigenvalue weighted by Gasteiger charge is 2.35. The third-order valence-electron chi connectivity index (χ3n) is 2.69. The Labute approximate surface area is 114 Å². The Hall–Kier alpha value is -0.783. The second-order valence-electron chi connectivity index (χ2n) is 4.76. The van der Waals surface area contributed by atoms with Crippen molar-refractivity contribution in [3.05, 3.63) is 12.2 Å². The summed E-state index contributed by atoms with van der Waals surface area (Å²) in [4.78, 5) is 11.0. The molecule has 0 saturated heterocycles. The lowest BCUT2D eigenvalue weighted by atomic mass is 10.1. The zero-order valence-electron chi connectivity index (χ0n) is 11.5. The molecule has 0 radical (unpaired) electrons. The van der Waals surface area contributed by atoms with Gasteiger partial charge in [0.25, 0.3) is 0 Å². The first-order valence-electron chi connectivity index (χ1n) is 6.72. The number of carbonyl (C=O) groups is 1. The van der Waals surface area contributed by atoms with Crippen molar-refractivity contribution in [2.75, 3.05) is 6.61 Å². The summed E-state index contributed by atoms with van der Waals surface area (Å²) >= 11 is 0. The van der Waals surface area contributed by atoms with E-state index in [9.17, 15) is 17.1 Å². The number of unbranched alkanes of at least 4 members (excludes halogenated alkanes) is 6. The fraction of sp³-hybridized carbons (Fsp3) is 0.769. The SMILES string of the molecule is C=C(C)C(=O)OCCCCCCCCC[Si](F)(F)F. The Bertz CT molecular complexity index is 278. The molecule has 0 aromatic carbocycles.